The molecule has 0 heterocycles. The van der Waals surface area contributed by atoms with Crippen LogP contribution in [0.4, 0.5) is 0 Å². The minimum atomic E-state index is -3.42. The molecule has 122 valence electrons. The average molecular weight is 414 g/mol. The van der Waals surface area contributed by atoms with Crippen LogP contribution in [0, 0.1) is 0 Å². The van der Waals surface area contributed by atoms with E-state index in [1.807, 2.05) is 58.9 Å². The molecule has 20 heavy (non-hydrogen) atoms. The average Bonchev–Trinajstić information content (AvgIpc) is 1.88. The third kappa shape index (κ3) is 8.30. The van der Waals surface area contributed by atoms with Crippen molar-refractivity contribution in [2.75, 3.05) is 0 Å². The van der Waals surface area contributed by atoms with Crippen LogP contribution < -0.4 is 0 Å². The molecule has 0 N–H and O–H groups in total. The van der Waals surface area contributed by atoms with Crippen LogP contribution in [0.3, 0.4) is 0 Å². The Labute approximate surface area is 143 Å². The summed E-state index contributed by atoms with van der Waals surface area (Å²) in [5.41, 5.74) is 0. The zero-order chi connectivity index (χ0) is 16.6. The Kier molecular flexibility index (Phi) is 7.16. The minimum Gasteiger partial charge on any atom is -0.414 e. The second-order valence-electron chi connectivity index (χ2n) is 7.70. The van der Waals surface area contributed by atoms with Crippen LogP contribution in [-0.2, 0) is 12.3 Å². The SMILES string of the molecule is C[Si](C)(C)O[Si](O[Si](C)(C)C)(O[Si](C)(C)C)C(Cl)(Cl)Cl. The van der Waals surface area contributed by atoms with E-state index in [1.54, 1.807) is 0 Å². The number of halogens is 3. The maximum absolute atomic E-state index is 6.26. The monoisotopic (exact) mass is 412 g/mol. The van der Waals surface area contributed by atoms with E-state index in [4.69, 9.17) is 47.1 Å². The van der Waals surface area contributed by atoms with E-state index in [9.17, 15) is 0 Å². The lowest BCUT2D eigenvalue weighted by Crippen LogP contribution is -2.67. The van der Waals surface area contributed by atoms with Gasteiger partial charge in [0.25, 0.3) is 3.42 Å². The van der Waals surface area contributed by atoms with Gasteiger partial charge in [-0.25, -0.2) is 0 Å². The highest BCUT2D eigenvalue weighted by molar-refractivity contribution is 7.04. The smallest absolute Gasteiger partial charge is 0.414 e. The summed E-state index contributed by atoms with van der Waals surface area (Å²) in [5, 5.41) is 0. The molecule has 10 heteroatoms. The third-order valence-corrected chi connectivity index (χ3v) is 15.0. The Morgan fingerprint density at radius 3 is 0.850 bits per heavy atom. The number of hydrogen-bond donors (Lipinski definition) is 0. The summed E-state index contributed by atoms with van der Waals surface area (Å²) < 4.78 is 17.1. The van der Waals surface area contributed by atoms with Gasteiger partial charge in [0.2, 0.25) is 0 Å². The number of rotatable bonds is 6. The first-order valence-electron chi connectivity index (χ1n) is 6.54. The summed E-state index contributed by atoms with van der Waals surface area (Å²) in [6.45, 7) is 18.4. The first-order chi connectivity index (χ1) is 8.37. The normalized spacial score (nSPS) is 15.6. The molecule has 0 bridgehead atoms. The van der Waals surface area contributed by atoms with Crippen molar-refractivity contribution in [1.82, 2.24) is 0 Å². The summed E-state index contributed by atoms with van der Waals surface area (Å²) in [6, 6.07) is 0. The molecule has 0 aliphatic rings. The zero-order valence-electron chi connectivity index (χ0n) is 13.9. The number of hydrogen-bond acceptors (Lipinski definition) is 3. The second-order valence-corrected chi connectivity index (χ2v) is 27.9. The van der Waals surface area contributed by atoms with Crippen molar-refractivity contribution >= 4 is 68.6 Å². The molecule has 0 atom stereocenters. The standard InChI is InChI=1S/C10H27Cl3O3Si4/c1-17(2,3)14-20(10(11,12)13,15-18(4,5)6)16-19(7,8)9/h1-9H3. The van der Waals surface area contributed by atoms with Crippen LogP contribution in [0.1, 0.15) is 0 Å². The molecule has 0 fully saturated rings. The van der Waals surface area contributed by atoms with Gasteiger partial charge in [0.1, 0.15) is 0 Å². The number of alkyl halides is 3. The van der Waals surface area contributed by atoms with Crippen LogP contribution >= 0.6 is 34.8 Å². The van der Waals surface area contributed by atoms with E-state index >= 15 is 0 Å². The first-order valence-corrected chi connectivity index (χ1v) is 19.6. The fraction of sp³-hybridized carbons (Fsp3) is 1.00. The molecule has 0 rings (SSSR count). The Hall–Kier alpha value is 1.62. The van der Waals surface area contributed by atoms with E-state index in [0.29, 0.717) is 0 Å². The topological polar surface area (TPSA) is 27.7 Å². The quantitative estimate of drug-likeness (QED) is 0.431. The summed E-state index contributed by atoms with van der Waals surface area (Å²) in [4.78, 5) is 0. The van der Waals surface area contributed by atoms with Gasteiger partial charge in [-0.1, -0.05) is 34.8 Å². The molecule has 0 spiro atoms. The van der Waals surface area contributed by atoms with Gasteiger partial charge in [0, 0.05) is 0 Å². The van der Waals surface area contributed by atoms with Crippen molar-refractivity contribution in [1.29, 1.82) is 0 Å². The lowest BCUT2D eigenvalue weighted by atomic mass is 11.8. The van der Waals surface area contributed by atoms with E-state index < -0.39 is 37.2 Å². The van der Waals surface area contributed by atoms with Crippen molar-refractivity contribution in [2.24, 2.45) is 0 Å². The Morgan fingerprint density at radius 2 is 0.750 bits per heavy atom. The van der Waals surface area contributed by atoms with E-state index in [1.165, 1.54) is 0 Å². The van der Waals surface area contributed by atoms with E-state index in [0.717, 1.165) is 0 Å². The summed E-state index contributed by atoms with van der Waals surface area (Å²) >= 11 is 18.8. The van der Waals surface area contributed by atoms with Crippen molar-refractivity contribution in [3.8, 4) is 0 Å². The fourth-order valence-electron chi connectivity index (χ4n) is 1.45. The minimum absolute atomic E-state index is 1.67. The molecule has 0 radical (unpaired) electrons. The predicted molar refractivity (Wildman–Crippen MR) is 99.3 cm³/mol. The van der Waals surface area contributed by atoms with Crippen molar-refractivity contribution in [2.45, 2.75) is 62.3 Å². The second kappa shape index (κ2) is 6.62. The predicted octanol–water partition coefficient (Wildman–Crippen LogP) is 5.39. The molecule has 0 amide bonds. The van der Waals surface area contributed by atoms with E-state index in [-0.39, 0.29) is 0 Å². The molecule has 0 aromatic heterocycles. The van der Waals surface area contributed by atoms with Crippen LogP contribution in [-0.4, -0.2) is 37.2 Å². The summed E-state index contributed by atoms with van der Waals surface area (Å²) in [5.74, 6) is 0. The lowest BCUT2D eigenvalue weighted by Gasteiger charge is -2.45. The lowest BCUT2D eigenvalue weighted by molar-refractivity contribution is 0.252. The molecule has 0 saturated heterocycles. The van der Waals surface area contributed by atoms with Crippen molar-refractivity contribution in [3.63, 3.8) is 0 Å². The van der Waals surface area contributed by atoms with Gasteiger partial charge in [-0.3, -0.25) is 0 Å². The van der Waals surface area contributed by atoms with Gasteiger partial charge < -0.3 is 12.3 Å². The fourth-order valence-corrected chi connectivity index (χ4v) is 17.3. The van der Waals surface area contributed by atoms with Crippen LogP contribution in [0.15, 0.2) is 0 Å². The van der Waals surface area contributed by atoms with Gasteiger partial charge in [-0.2, -0.15) is 0 Å². The maximum Gasteiger partial charge on any atom is 0.523 e. The van der Waals surface area contributed by atoms with Gasteiger partial charge in [-0.15, -0.1) is 0 Å². The highest BCUT2D eigenvalue weighted by atomic mass is 35.6. The molecular weight excluding hydrogens is 387 g/mol. The Morgan fingerprint density at radius 1 is 0.550 bits per heavy atom. The zero-order valence-corrected chi connectivity index (χ0v) is 20.1. The van der Waals surface area contributed by atoms with Crippen LogP contribution in [0.2, 0.25) is 58.9 Å². The van der Waals surface area contributed by atoms with Gasteiger partial charge in [0.05, 0.1) is 0 Å². The highest BCUT2D eigenvalue weighted by Gasteiger charge is 2.64. The molecule has 0 aliphatic heterocycles. The highest BCUT2D eigenvalue weighted by Crippen LogP contribution is 2.43. The van der Waals surface area contributed by atoms with Gasteiger partial charge >= 0.3 is 8.80 Å². The molecule has 0 saturated carbocycles. The largest absolute Gasteiger partial charge is 0.523 e. The first kappa shape index (κ1) is 21.6. The van der Waals surface area contributed by atoms with Crippen molar-refractivity contribution in [3.05, 3.63) is 0 Å². The molecule has 0 aliphatic carbocycles. The summed E-state index contributed by atoms with van der Waals surface area (Å²) in [6.07, 6.45) is 0. The molecule has 3 nitrogen and oxygen atoms in total. The molecular formula is C10H27Cl3O3Si4. The van der Waals surface area contributed by atoms with Crippen LogP contribution in [0.25, 0.3) is 0 Å². The third-order valence-electron chi connectivity index (χ3n) is 1.67. The Bertz CT molecular complexity index is 288. The molecule has 0 aromatic rings. The van der Waals surface area contributed by atoms with Gasteiger partial charge in [0.15, 0.2) is 25.0 Å². The Balaban J connectivity index is 5.78. The van der Waals surface area contributed by atoms with Crippen molar-refractivity contribution < 1.29 is 12.3 Å². The van der Waals surface area contributed by atoms with Crippen LogP contribution in [0.5, 0.6) is 0 Å². The molecule has 0 unspecified atom stereocenters. The van der Waals surface area contributed by atoms with E-state index in [2.05, 4.69) is 0 Å². The maximum atomic E-state index is 6.26. The summed E-state index contributed by atoms with van der Waals surface area (Å²) in [7, 11) is -9.42. The van der Waals surface area contributed by atoms with Gasteiger partial charge in [-0.05, 0) is 58.9 Å². The molecule has 0 aromatic carbocycles.